The van der Waals surface area contributed by atoms with Crippen molar-refractivity contribution in [1.82, 2.24) is 20.0 Å². The zero-order chi connectivity index (χ0) is 20.9. The van der Waals surface area contributed by atoms with E-state index in [0.29, 0.717) is 28.8 Å². The molecular formula is C23H26N4O3. The highest BCUT2D eigenvalue weighted by molar-refractivity contribution is 6.04. The Morgan fingerprint density at radius 1 is 1.07 bits per heavy atom. The van der Waals surface area contributed by atoms with E-state index in [1.807, 2.05) is 6.07 Å². The van der Waals surface area contributed by atoms with E-state index in [-0.39, 0.29) is 17.2 Å². The Hall–Kier alpha value is -3.19. The largest absolute Gasteiger partial charge is 0.497 e. The molecule has 1 amide bonds. The molecule has 1 aliphatic heterocycles. The summed E-state index contributed by atoms with van der Waals surface area (Å²) in [6.07, 6.45) is 3.41. The second-order valence-corrected chi connectivity index (χ2v) is 7.47. The topological polar surface area (TPSA) is 76.5 Å². The summed E-state index contributed by atoms with van der Waals surface area (Å²) in [5.41, 5.74) is 0.568. The van der Waals surface area contributed by atoms with E-state index in [1.54, 1.807) is 49.6 Å². The van der Waals surface area contributed by atoms with Gasteiger partial charge in [0.2, 0.25) is 0 Å². The van der Waals surface area contributed by atoms with Crippen molar-refractivity contribution in [2.24, 2.45) is 0 Å². The molecule has 4 rings (SSSR count). The first-order valence-corrected chi connectivity index (χ1v) is 10.3. The van der Waals surface area contributed by atoms with Crippen LogP contribution >= 0.6 is 0 Å². The van der Waals surface area contributed by atoms with Gasteiger partial charge in [0.15, 0.2) is 5.69 Å². The number of carbonyl (C=O) groups is 1. The van der Waals surface area contributed by atoms with Crippen LogP contribution in [0.15, 0.2) is 53.3 Å². The van der Waals surface area contributed by atoms with Crippen LogP contribution in [-0.4, -0.2) is 53.9 Å². The summed E-state index contributed by atoms with van der Waals surface area (Å²) in [4.78, 5) is 28.3. The Balaban J connectivity index is 1.60. The predicted octanol–water partition coefficient (Wildman–Crippen LogP) is 2.61. The molecule has 0 atom stereocenters. The number of nitrogens with zero attached hydrogens (tertiary/aromatic N) is 3. The maximum absolute atomic E-state index is 13.0. The van der Waals surface area contributed by atoms with Crippen LogP contribution in [0.4, 0.5) is 0 Å². The molecule has 7 nitrogen and oxygen atoms in total. The summed E-state index contributed by atoms with van der Waals surface area (Å²) >= 11 is 0. The minimum Gasteiger partial charge on any atom is -0.497 e. The molecule has 7 heteroatoms. The number of aromatic nitrogens is 2. The van der Waals surface area contributed by atoms with E-state index in [0.717, 1.165) is 26.1 Å². The summed E-state index contributed by atoms with van der Waals surface area (Å²) in [7, 11) is 1.58. The zero-order valence-electron chi connectivity index (χ0n) is 17.1. The van der Waals surface area contributed by atoms with Gasteiger partial charge in [-0.3, -0.25) is 9.59 Å². The fraction of sp³-hybridized carbons (Fsp3) is 0.348. The Kier molecular flexibility index (Phi) is 6.09. The Morgan fingerprint density at radius 2 is 1.77 bits per heavy atom. The average molecular weight is 406 g/mol. The quantitative estimate of drug-likeness (QED) is 0.611. The van der Waals surface area contributed by atoms with Crippen LogP contribution in [0, 0.1) is 0 Å². The minimum absolute atomic E-state index is 0.252. The second kappa shape index (κ2) is 9.09. The fourth-order valence-electron chi connectivity index (χ4n) is 3.85. The van der Waals surface area contributed by atoms with Crippen molar-refractivity contribution in [2.75, 3.05) is 33.3 Å². The normalized spacial score (nSPS) is 14.2. The van der Waals surface area contributed by atoms with E-state index in [1.165, 1.54) is 17.5 Å². The van der Waals surface area contributed by atoms with Gasteiger partial charge in [-0.15, -0.1) is 0 Å². The lowest BCUT2D eigenvalue weighted by atomic mass is 10.1. The third-order valence-electron chi connectivity index (χ3n) is 5.47. The predicted molar refractivity (Wildman–Crippen MR) is 117 cm³/mol. The van der Waals surface area contributed by atoms with Gasteiger partial charge in [0.25, 0.3) is 11.5 Å². The van der Waals surface area contributed by atoms with Crippen LogP contribution < -0.4 is 15.6 Å². The third-order valence-corrected chi connectivity index (χ3v) is 5.47. The SMILES string of the molecule is COc1ccc(-n2nc(C(=O)NCCCN3CCCC3)c3ccccc3c2=O)cc1. The van der Waals surface area contributed by atoms with Crippen LogP contribution in [0.25, 0.3) is 16.5 Å². The molecule has 1 aliphatic rings. The van der Waals surface area contributed by atoms with Crippen molar-refractivity contribution in [1.29, 1.82) is 0 Å². The highest BCUT2D eigenvalue weighted by atomic mass is 16.5. The van der Waals surface area contributed by atoms with Crippen LogP contribution in [0.1, 0.15) is 29.8 Å². The molecule has 0 spiro atoms. The molecule has 156 valence electrons. The van der Waals surface area contributed by atoms with Crippen molar-refractivity contribution in [3.05, 3.63) is 64.6 Å². The smallest absolute Gasteiger partial charge is 0.279 e. The first-order chi connectivity index (χ1) is 14.7. The highest BCUT2D eigenvalue weighted by Gasteiger charge is 2.17. The van der Waals surface area contributed by atoms with E-state index >= 15 is 0 Å². The number of ether oxygens (including phenoxy) is 1. The molecule has 0 bridgehead atoms. The molecule has 3 aromatic rings. The number of hydrogen-bond acceptors (Lipinski definition) is 5. The fourth-order valence-corrected chi connectivity index (χ4v) is 3.85. The maximum atomic E-state index is 13.0. The Bertz CT molecular complexity index is 1090. The molecule has 0 unspecified atom stereocenters. The van der Waals surface area contributed by atoms with Crippen molar-refractivity contribution in [3.8, 4) is 11.4 Å². The molecule has 1 aromatic heterocycles. The number of amides is 1. The lowest BCUT2D eigenvalue weighted by Crippen LogP contribution is -2.32. The third kappa shape index (κ3) is 4.21. The van der Waals surface area contributed by atoms with Crippen molar-refractivity contribution in [3.63, 3.8) is 0 Å². The van der Waals surface area contributed by atoms with E-state index in [2.05, 4.69) is 15.3 Å². The van der Waals surface area contributed by atoms with Crippen LogP contribution in [-0.2, 0) is 0 Å². The molecule has 1 N–H and O–H groups in total. The number of hydrogen-bond donors (Lipinski definition) is 1. The number of likely N-dealkylation sites (tertiary alicyclic amines) is 1. The summed E-state index contributed by atoms with van der Waals surface area (Å²) in [6, 6.07) is 14.1. The van der Waals surface area contributed by atoms with Crippen molar-refractivity contribution in [2.45, 2.75) is 19.3 Å². The lowest BCUT2D eigenvalue weighted by Gasteiger charge is -2.15. The number of rotatable bonds is 7. The summed E-state index contributed by atoms with van der Waals surface area (Å²) in [6.45, 7) is 3.85. The zero-order valence-corrected chi connectivity index (χ0v) is 17.1. The van der Waals surface area contributed by atoms with Gasteiger partial charge in [-0.25, -0.2) is 0 Å². The summed E-state index contributed by atoms with van der Waals surface area (Å²) in [5, 5.41) is 8.41. The lowest BCUT2D eigenvalue weighted by molar-refractivity contribution is 0.0947. The van der Waals surface area contributed by atoms with E-state index in [9.17, 15) is 9.59 Å². The number of fused-ring (bicyclic) bond motifs is 1. The van der Waals surface area contributed by atoms with Gasteiger partial charge in [0.1, 0.15) is 5.75 Å². The standard InChI is InChI=1S/C23H26N4O3/c1-30-18-11-9-17(10-12-18)27-23(29)20-8-3-2-7-19(20)21(25-27)22(28)24-13-6-16-26-14-4-5-15-26/h2-3,7-12H,4-6,13-16H2,1H3,(H,24,28). The van der Waals surface area contributed by atoms with E-state index < -0.39 is 0 Å². The Morgan fingerprint density at radius 3 is 2.47 bits per heavy atom. The molecule has 30 heavy (non-hydrogen) atoms. The number of carbonyl (C=O) groups excluding carboxylic acids is 1. The van der Waals surface area contributed by atoms with Gasteiger partial charge in [-0.05, 0) is 69.2 Å². The maximum Gasteiger partial charge on any atom is 0.279 e. The van der Waals surface area contributed by atoms with Gasteiger partial charge in [0.05, 0.1) is 18.2 Å². The second-order valence-electron chi connectivity index (χ2n) is 7.47. The molecule has 1 saturated heterocycles. The first kappa shape index (κ1) is 20.1. The van der Waals surface area contributed by atoms with Crippen LogP contribution in [0.3, 0.4) is 0 Å². The average Bonchev–Trinajstić information content (AvgIpc) is 3.31. The summed E-state index contributed by atoms with van der Waals surface area (Å²) < 4.78 is 6.46. The molecular weight excluding hydrogens is 380 g/mol. The van der Waals surface area contributed by atoms with Crippen molar-refractivity contribution < 1.29 is 9.53 Å². The van der Waals surface area contributed by atoms with Crippen molar-refractivity contribution >= 4 is 16.7 Å². The highest BCUT2D eigenvalue weighted by Crippen LogP contribution is 2.17. The van der Waals surface area contributed by atoms with Gasteiger partial charge in [-0.1, -0.05) is 18.2 Å². The summed E-state index contributed by atoms with van der Waals surface area (Å²) in [5.74, 6) is 0.415. The molecule has 2 aromatic carbocycles. The first-order valence-electron chi connectivity index (χ1n) is 10.3. The van der Waals surface area contributed by atoms with Crippen LogP contribution in [0.2, 0.25) is 0 Å². The van der Waals surface area contributed by atoms with Gasteiger partial charge in [-0.2, -0.15) is 9.78 Å². The van der Waals surface area contributed by atoms with E-state index in [4.69, 9.17) is 4.74 Å². The molecule has 0 saturated carbocycles. The monoisotopic (exact) mass is 406 g/mol. The molecule has 2 heterocycles. The number of methoxy groups -OCH3 is 1. The van der Waals surface area contributed by atoms with Crippen LogP contribution in [0.5, 0.6) is 5.75 Å². The molecule has 0 radical (unpaired) electrons. The molecule has 0 aliphatic carbocycles. The minimum atomic E-state index is -0.269. The number of nitrogens with one attached hydrogen (secondary N) is 1. The Labute approximate surface area is 175 Å². The molecule has 1 fully saturated rings. The number of benzene rings is 2. The van der Waals surface area contributed by atoms with Gasteiger partial charge >= 0.3 is 0 Å². The van der Waals surface area contributed by atoms with Gasteiger partial charge < -0.3 is 15.0 Å². The van der Waals surface area contributed by atoms with Gasteiger partial charge in [0, 0.05) is 11.9 Å².